The Labute approximate surface area is 86.4 Å². The lowest BCUT2D eigenvalue weighted by Gasteiger charge is -2.26. The Morgan fingerprint density at radius 3 is 3.00 bits per heavy atom. The van der Waals surface area contributed by atoms with Gasteiger partial charge in [-0.2, -0.15) is 0 Å². The van der Waals surface area contributed by atoms with Gasteiger partial charge >= 0.3 is 0 Å². The van der Waals surface area contributed by atoms with Gasteiger partial charge in [0.1, 0.15) is 5.75 Å². The van der Waals surface area contributed by atoms with E-state index < -0.39 is 6.29 Å². The topological polar surface area (TPSA) is 72.6 Å². The van der Waals surface area contributed by atoms with Crippen LogP contribution in [0, 0.1) is 10.1 Å². The number of nitrogens with zero attached hydrogens (tertiary/aromatic N) is 1. The van der Waals surface area contributed by atoms with Crippen molar-refractivity contribution >= 4 is 0 Å². The van der Waals surface area contributed by atoms with E-state index in [9.17, 15) is 15.2 Å². The van der Waals surface area contributed by atoms with Crippen molar-refractivity contribution in [1.29, 1.82) is 0 Å². The molecule has 15 heavy (non-hydrogen) atoms. The second-order valence-electron chi connectivity index (χ2n) is 3.56. The zero-order valence-electron chi connectivity index (χ0n) is 8.00. The van der Waals surface area contributed by atoms with Crippen LogP contribution in [0.3, 0.4) is 0 Å². The standard InChI is InChI=1S/C10H11NO4/c12-10-5-7(6-11(13)14)8-3-1-2-4-9(8)15-10/h1-4,7,10,12H,5-6H2/t7-,10?/m1/s1. The zero-order chi connectivity index (χ0) is 10.8. The molecule has 1 aromatic rings. The highest BCUT2D eigenvalue weighted by Gasteiger charge is 2.29. The van der Waals surface area contributed by atoms with Gasteiger partial charge in [0, 0.05) is 16.9 Å². The van der Waals surface area contributed by atoms with Crippen LogP contribution in [0.25, 0.3) is 0 Å². The summed E-state index contributed by atoms with van der Waals surface area (Å²) in [4.78, 5) is 10.1. The molecule has 0 fully saturated rings. The van der Waals surface area contributed by atoms with Crippen LogP contribution in [0.1, 0.15) is 17.9 Å². The molecule has 0 saturated heterocycles. The molecule has 0 aliphatic carbocycles. The van der Waals surface area contributed by atoms with E-state index in [0.717, 1.165) is 5.56 Å². The van der Waals surface area contributed by atoms with Crippen LogP contribution < -0.4 is 4.74 Å². The summed E-state index contributed by atoms with van der Waals surface area (Å²) in [7, 11) is 0. The van der Waals surface area contributed by atoms with E-state index in [4.69, 9.17) is 4.74 Å². The Morgan fingerprint density at radius 1 is 1.53 bits per heavy atom. The molecule has 5 nitrogen and oxygen atoms in total. The Bertz CT molecular complexity index is 379. The molecule has 5 heteroatoms. The van der Waals surface area contributed by atoms with Crippen molar-refractivity contribution in [3.05, 3.63) is 39.9 Å². The maximum atomic E-state index is 10.5. The molecule has 1 unspecified atom stereocenters. The van der Waals surface area contributed by atoms with E-state index in [2.05, 4.69) is 0 Å². The highest BCUT2D eigenvalue weighted by Crippen LogP contribution is 2.35. The lowest BCUT2D eigenvalue weighted by molar-refractivity contribution is -0.484. The molecule has 2 rings (SSSR count). The number of nitro groups is 1. The molecule has 0 radical (unpaired) electrons. The van der Waals surface area contributed by atoms with Gasteiger partial charge in [0.2, 0.25) is 6.54 Å². The molecule has 0 aromatic heterocycles. The lowest BCUT2D eigenvalue weighted by atomic mass is 9.92. The third-order valence-electron chi connectivity index (χ3n) is 2.48. The normalized spacial score (nSPS) is 24.1. The van der Waals surface area contributed by atoms with E-state index in [0.29, 0.717) is 5.75 Å². The molecule has 0 spiro atoms. The fraction of sp³-hybridized carbons (Fsp3) is 0.400. The maximum absolute atomic E-state index is 10.5. The van der Waals surface area contributed by atoms with Crippen molar-refractivity contribution in [3.63, 3.8) is 0 Å². The van der Waals surface area contributed by atoms with Crippen molar-refractivity contribution in [2.45, 2.75) is 18.6 Å². The largest absolute Gasteiger partial charge is 0.465 e. The minimum absolute atomic E-state index is 0.169. The molecule has 80 valence electrons. The van der Waals surface area contributed by atoms with Gasteiger partial charge in [0.05, 0.1) is 5.92 Å². The van der Waals surface area contributed by atoms with Crippen LogP contribution in [-0.2, 0) is 0 Å². The third-order valence-corrected chi connectivity index (χ3v) is 2.48. The van der Waals surface area contributed by atoms with Gasteiger partial charge in [-0.3, -0.25) is 10.1 Å². The van der Waals surface area contributed by atoms with Gasteiger partial charge in [-0.1, -0.05) is 18.2 Å². The van der Waals surface area contributed by atoms with Crippen LogP contribution in [0.4, 0.5) is 0 Å². The number of benzene rings is 1. The summed E-state index contributed by atoms with van der Waals surface area (Å²) in [6, 6.07) is 7.10. The van der Waals surface area contributed by atoms with Crippen molar-refractivity contribution in [2.75, 3.05) is 6.54 Å². The predicted octanol–water partition coefficient (Wildman–Crippen LogP) is 1.15. The quantitative estimate of drug-likeness (QED) is 0.585. The van der Waals surface area contributed by atoms with Crippen molar-refractivity contribution in [2.24, 2.45) is 0 Å². The number of aliphatic hydroxyl groups excluding tert-OH is 1. The van der Waals surface area contributed by atoms with Crippen molar-refractivity contribution < 1.29 is 14.8 Å². The smallest absolute Gasteiger partial charge is 0.211 e. The molecule has 0 bridgehead atoms. The molecule has 1 aliphatic heterocycles. The molecule has 0 amide bonds. The Kier molecular flexibility index (Phi) is 2.55. The number of hydrogen-bond acceptors (Lipinski definition) is 4. The minimum Gasteiger partial charge on any atom is -0.465 e. The first-order chi connectivity index (χ1) is 7.16. The Balaban J connectivity index is 2.29. The highest BCUT2D eigenvalue weighted by molar-refractivity contribution is 5.37. The molecule has 2 atom stereocenters. The van der Waals surface area contributed by atoms with E-state index in [1.807, 2.05) is 6.07 Å². The van der Waals surface area contributed by atoms with E-state index in [-0.39, 0.29) is 23.8 Å². The molecule has 1 N–H and O–H groups in total. The molecule has 1 heterocycles. The molecular weight excluding hydrogens is 198 g/mol. The monoisotopic (exact) mass is 209 g/mol. The number of ether oxygens (including phenoxy) is 1. The van der Waals surface area contributed by atoms with E-state index >= 15 is 0 Å². The summed E-state index contributed by atoms with van der Waals surface area (Å²) in [5.41, 5.74) is 0.805. The molecular formula is C10H11NO4. The molecule has 0 saturated carbocycles. The first-order valence-corrected chi connectivity index (χ1v) is 4.72. The number of hydrogen-bond donors (Lipinski definition) is 1. The molecule has 1 aliphatic rings. The van der Waals surface area contributed by atoms with Crippen LogP contribution in [0.15, 0.2) is 24.3 Å². The van der Waals surface area contributed by atoms with Gasteiger partial charge in [0.25, 0.3) is 0 Å². The second kappa shape index (κ2) is 3.86. The number of para-hydroxylation sites is 1. The van der Waals surface area contributed by atoms with Crippen LogP contribution in [0.2, 0.25) is 0 Å². The van der Waals surface area contributed by atoms with Crippen molar-refractivity contribution in [3.8, 4) is 5.75 Å². The Morgan fingerprint density at radius 2 is 2.27 bits per heavy atom. The summed E-state index contributed by atoms with van der Waals surface area (Å²) in [6.45, 7) is -0.169. The average molecular weight is 209 g/mol. The van der Waals surface area contributed by atoms with Gasteiger partial charge in [-0.05, 0) is 6.07 Å². The lowest BCUT2D eigenvalue weighted by Crippen LogP contribution is -2.28. The molecule has 1 aromatic carbocycles. The number of fused-ring (bicyclic) bond motifs is 1. The van der Waals surface area contributed by atoms with Gasteiger partial charge in [0.15, 0.2) is 6.29 Å². The van der Waals surface area contributed by atoms with E-state index in [1.165, 1.54) is 0 Å². The van der Waals surface area contributed by atoms with Crippen molar-refractivity contribution in [1.82, 2.24) is 0 Å². The zero-order valence-corrected chi connectivity index (χ0v) is 8.00. The average Bonchev–Trinajstić information content (AvgIpc) is 2.16. The summed E-state index contributed by atoms with van der Waals surface area (Å²) >= 11 is 0. The third kappa shape index (κ3) is 2.07. The van der Waals surface area contributed by atoms with E-state index in [1.54, 1.807) is 18.2 Å². The fourth-order valence-electron chi connectivity index (χ4n) is 1.84. The summed E-state index contributed by atoms with van der Waals surface area (Å²) in [5, 5.41) is 19.9. The first-order valence-electron chi connectivity index (χ1n) is 4.72. The van der Waals surface area contributed by atoms with Gasteiger partial charge < -0.3 is 9.84 Å². The first kappa shape index (κ1) is 9.92. The number of rotatable bonds is 2. The summed E-state index contributed by atoms with van der Waals surface area (Å²) in [6.07, 6.45) is -0.664. The van der Waals surface area contributed by atoms with Crippen LogP contribution in [0.5, 0.6) is 5.75 Å². The predicted molar refractivity (Wildman–Crippen MR) is 52.3 cm³/mol. The summed E-state index contributed by atoms with van der Waals surface area (Å²) < 4.78 is 5.18. The van der Waals surface area contributed by atoms with Gasteiger partial charge in [-0.25, -0.2) is 0 Å². The Hall–Kier alpha value is -1.62. The number of aliphatic hydroxyl groups is 1. The summed E-state index contributed by atoms with van der Waals surface area (Å²) in [5.74, 6) is 0.281. The fourth-order valence-corrected chi connectivity index (χ4v) is 1.84. The second-order valence-corrected chi connectivity index (χ2v) is 3.56. The highest BCUT2D eigenvalue weighted by atomic mass is 16.6. The van der Waals surface area contributed by atoms with Gasteiger partial charge in [-0.15, -0.1) is 0 Å². The van der Waals surface area contributed by atoms with Crippen LogP contribution >= 0.6 is 0 Å². The van der Waals surface area contributed by atoms with Crippen LogP contribution in [-0.4, -0.2) is 22.9 Å². The SMILES string of the molecule is O=[N+]([O-])C[C@H]1CC(O)Oc2ccccc21. The minimum atomic E-state index is -0.940. The maximum Gasteiger partial charge on any atom is 0.211 e.